The summed E-state index contributed by atoms with van der Waals surface area (Å²) in [5, 5.41) is 1.96. The first-order chi connectivity index (χ1) is 17.6. The van der Waals surface area contributed by atoms with Gasteiger partial charge >= 0.3 is 0 Å². The fraction of sp³-hybridized carbons (Fsp3) is 0.382. The number of hydrogen-bond donors (Lipinski definition) is 0. The molecule has 0 amide bonds. The number of nitrogens with zero attached hydrogens (tertiary/aromatic N) is 1. The Balaban J connectivity index is 1.73. The lowest BCUT2D eigenvalue weighted by Crippen LogP contribution is -2.31. The van der Waals surface area contributed by atoms with E-state index < -0.39 is 0 Å². The molecule has 0 atom stereocenters. The predicted molar refractivity (Wildman–Crippen MR) is 150 cm³/mol. The standard InChI is InChI=1S/C34H40N/c1-23(2)31-21-29(25-10-8-7-9-11-25)22-32(24(31)3)33-30-13-12-27(20-28(30)16-19-35(33)6)26-14-17-34(4,5)18-15-26/h7-13,16,19-23,26H,14-15,17-18H2,1-6H3/q+1/i16D,19D. The Labute approximate surface area is 214 Å². The van der Waals surface area contributed by atoms with Crippen molar-refractivity contribution in [2.24, 2.45) is 12.5 Å². The Bertz CT molecular complexity index is 1460. The van der Waals surface area contributed by atoms with E-state index in [1.807, 2.05) is 11.6 Å². The molecule has 5 rings (SSSR count). The highest BCUT2D eigenvalue weighted by atomic mass is 14.9. The Morgan fingerprint density at radius 3 is 2.34 bits per heavy atom. The summed E-state index contributed by atoms with van der Waals surface area (Å²) in [7, 11) is 1.94. The monoisotopic (exact) mass is 464 g/mol. The van der Waals surface area contributed by atoms with E-state index >= 15 is 0 Å². The Morgan fingerprint density at radius 2 is 1.66 bits per heavy atom. The largest absolute Gasteiger partial charge is 0.220 e. The second-order valence-corrected chi connectivity index (χ2v) is 11.6. The molecule has 1 nitrogen and oxygen atoms in total. The predicted octanol–water partition coefficient (Wildman–Crippen LogP) is 9.11. The highest BCUT2D eigenvalue weighted by molar-refractivity contribution is 5.95. The van der Waals surface area contributed by atoms with Crippen molar-refractivity contribution in [2.75, 3.05) is 0 Å². The second kappa shape index (κ2) is 9.26. The molecule has 0 saturated heterocycles. The van der Waals surface area contributed by atoms with Crippen molar-refractivity contribution in [2.45, 2.75) is 72.1 Å². The summed E-state index contributed by atoms with van der Waals surface area (Å²) in [5.74, 6) is 0.922. The van der Waals surface area contributed by atoms with Gasteiger partial charge in [0.25, 0.3) is 0 Å². The summed E-state index contributed by atoms with van der Waals surface area (Å²) < 4.78 is 19.7. The van der Waals surface area contributed by atoms with Crippen LogP contribution in [0.5, 0.6) is 0 Å². The van der Waals surface area contributed by atoms with Crippen LogP contribution >= 0.6 is 0 Å². The molecule has 1 aromatic heterocycles. The van der Waals surface area contributed by atoms with Crippen LogP contribution in [0, 0.1) is 12.3 Å². The molecule has 0 aliphatic heterocycles. The lowest BCUT2D eigenvalue weighted by atomic mass is 9.71. The van der Waals surface area contributed by atoms with Crippen LogP contribution in [0.15, 0.2) is 72.9 Å². The van der Waals surface area contributed by atoms with Crippen LogP contribution in [0.1, 0.15) is 84.6 Å². The molecule has 0 radical (unpaired) electrons. The zero-order chi connectivity index (χ0) is 26.5. The summed E-state index contributed by atoms with van der Waals surface area (Å²) in [6.45, 7) is 11.5. The van der Waals surface area contributed by atoms with Crippen molar-refractivity contribution in [3.63, 3.8) is 0 Å². The molecule has 0 spiro atoms. The molecule has 0 unspecified atom stereocenters. The van der Waals surface area contributed by atoms with E-state index in [1.165, 1.54) is 53.5 Å². The minimum atomic E-state index is 0.264. The number of hydrogen-bond acceptors (Lipinski definition) is 0. The van der Waals surface area contributed by atoms with Gasteiger partial charge in [0.05, 0.1) is 12.3 Å². The van der Waals surface area contributed by atoms with Crippen LogP contribution in [0.2, 0.25) is 0 Å². The molecule has 35 heavy (non-hydrogen) atoms. The molecule has 1 fully saturated rings. The Morgan fingerprint density at radius 1 is 0.943 bits per heavy atom. The van der Waals surface area contributed by atoms with E-state index in [1.54, 1.807) is 0 Å². The van der Waals surface area contributed by atoms with Crippen LogP contribution in [0.4, 0.5) is 0 Å². The summed E-state index contributed by atoms with van der Waals surface area (Å²) in [6.07, 6.45) is 5.14. The van der Waals surface area contributed by atoms with Gasteiger partial charge in [-0.05, 0) is 95.2 Å². The third-order valence-electron chi connectivity index (χ3n) is 8.24. The number of pyridine rings is 1. The van der Waals surface area contributed by atoms with Crippen LogP contribution in [-0.2, 0) is 7.05 Å². The van der Waals surface area contributed by atoms with Gasteiger partial charge in [0.15, 0.2) is 6.17 Å². The number of aromatic nitrogens is 1. The van der Waals surface area contributed by atoms with Gasteiger partial charge in [-0.1, -0.05) is 76.2 Å². The zero-order valence-electron chi connectivity index (χ0n) is 24.2. The maximum Gasteiger partial charge on any atom is 0.220 e. The number of benzene rings is 3. The quantitative estimate of drug-likeness (QED) is 0.265. The van der Waals surface area contributed by atoms with E-state index in [9.17, 15) is 0 Å². The maximum absolute atomic E-state index is 8.89. The van der Waals surface area contributed by atoms with Crippen LogP contribution in [-0.4, -0.2) is 0 Å². The molecule has 1 saturated carbocycles. The normalized spacial score (nSPS) is 17.0. The van der Waals surface area contributed by atoms with E-state index in [4.69, 9.17) is 2.74 Å². The fourth-order valence-corrected chi connectivity index (χ4v) is 5.94. The average Bonchev–Trinajstić information content (AvgIpc) is 2.88. The minimum Gasteiger partial charge on any atom is -0.200 e. The van der Waals surface area contributed by atoms with Gasteiger partial charge in [-0.15, -0.1) is 0 Å². The third kappa shape index (κ3) is 4.66. The van der Waals surface area contributed by atoms with Gasteiger partial charge in [0.1, 0.15) is 8.42 Å². The first kappa shape index (κ1) is 21.4. The Hall–Kier alpha value is -2.93. The fourth-order valence-electron chi connectivity index (χ4n) is 5.94. The minimum absolute atomic E-state index is 0.264. The van der Waals surface area contributed by atoms with E-state index in [-0.39, 0.29) is 6.17 Å². The Kier molecular flexibility index (Phi) is 5.65. The first-order valence-electron chi connectivity index (χ1n) is 14.2. The molecular weight excluding hydrogens is 422 g/mol. The van der Waals surface area contributed by atoms with Gasteiger partial charge in [-0.25, -0.2) is 4.57 Å². The van der Waals surface area contributed by atoms with Gasteiger partial charge in [0.2, 0.25) is 5.69 Å². The van der Waals surface area contributed by atoms with Crippen molar-refractivity contribution in [3.8, 4) is 22.4 Å². The van der Waals surface area contributed by atoms with Gasteiger partial charge in [-0.3, -0.25) is 0 Å². The lowest BCUT2D eigenvalue weighted by Gasteiger charge is -2.34. The molecule has 3 aromatic carbocycles. The zero-order valence-corrected chi connectivity index (χ0v) is 22.2. The molecule has 1 heteroatoms. The van der Waals surface area contributed by atoms with Crippen molar-refractivity contribution in [1.82, 2.24) is 0 Å². The van der Waals surface area contributed by atoms with Crippen molar-refractivity contribution in [1.29, 1.82) is 0 Å². The molecule has 1 heterocycles. The van der Waals surface area contributed by atoms with Crippen LogP contribution < -0.4 is 4.57 Å². The van der Waals surface area contributed by atoms with Crippen molar-refractivity contribution in [3.05, 3.63) is 89.6 Å². The van der Waals surface area contributed by atoms with Gasteiger partial charge in [-0.2, -0.15) is 0 Å². The highest BCUT2D eigenvalue weighted by Gasteiger charge is 2.28. The highest BCUT2D eigenvalue weighted by Crippen LogP contribution is 2.43. The second-order valence-electron chi connectivity index (χ2n) is 11.6. The molecule has 0 bridgehead atoms. The van der Waals surface area contributed by atoms with E-state index in [0.717, 1.165) is 22.0 Å². The molecule has 4 aromatic rings. The summed E-state index contributed by atoms with van der Waals surface area (Å²) >= 11 is 0. The van der Waals surface area contributed by atoms with Gasteiger partial charge < -0.3 is 0 Å². The summed E-state index contributed by atoms with van der Waals surface area (Å²) in [5.41, 5.74) is 8.91. The maximum atomic E-state index is 8.89. The average molecular weight is 465 g/mol. The summed E-state index contributed by atoms with van der Waals surface area (Å²) in [6, 6.07) is 22.2. The van der Waals surface area contributed by atoms with Crippen molar-refractivity contribution >= 4 is 10.8 Å². The van der Waals surface area contributed by atoms with Crippen molar-refractivity contribution < 1.29 is 7.31 Å². The van der Waals surface area contributed by atoms with E-state index in [2.05, 4.69) is 95.3 Å². The summed E-state index contributed by atoms with van der Waals surface area (Å²) in [4.78, 5) is 0. The first-order valence-corrected chi connectivity index (χ1v) is 13.2. The number of rotatable bonds is 4. The molecular formula is C34H40N+. The van der Waals surface area contributed by atoms with Gasteiger partial charge in [0, 0.05) is 6.04 Å². The van der Waals surface area contributed by atoms with Crippen LogP contribution in [0.25, 0.3) is 33.2 Å². The topological polar surface area (TPSA) is 3.88 Å². The SMILES string of the molecule is [2H]c1c([2H])[n+](C)c(-c2cc(-c3ccccc3)cc(C(C)C)c2C)c2ccc(C3CCC(C)(C)CC3)cc12. The molecule has 0 N–H and O–H groups in total. The number of fused-ring (bicyclic) bond motifs is 1. The lowest BCUT2D eigenvalue weighted by molar-refractivity contribution is -0.659. The molecule has 180 valence electrons. The molecule has 1 aliphatic carbocycles. The van der Waals surface area contributed by atoms with Crippen LogP contribution in [0.3, 0.4) is 0 Å². The smallest absolute Gasteiger partial charge is 0.200 e. The molecule has 1 aliphatic rings. The third-order valence-corrected chi connectivity index (χ3v) is 8.24. The van der Waals surface area contributed by atoms with E-state index in [0.29, 0.717) is 23.3 Å².